The Balaban J connectivity index is 2.15. The maximum absolute atomic E-state index is 6.35. The standard InChI is InChI=1S/C17H20BrNO/c1-12-11-15(7-8-16(12)18)17(19)14-5-3-13(4-6-14)9-10-20-2/h3-8,11,17H,9-10,19H2,1-2H3. The summed E-state index contributed by atoms with van der Waals surface area (Å²) in [6.45, 7) is 2.82. The Morgan fingerprint density at radius 1 is 1.10 bits per heavy atom. The van der Waals surface area contributed by atoms with E-state index in [1.165, 1.54) is 11.1 Å². The molecule has 1 atom stereocenters. The Hall–Kier alpha value is -1.16. The summed E-state index contributed by atoms with van der Waals surface area (Å²) in [7, 11) is 1.72. The summed E-state index contributed by atoms with van der Waals surface area (Å²) in [6.07, 6.45) is 0.934. The van der Waals surface area contributed by atoms with Crippen LogP contribution in [0.5, 0.6) is 0 Å². The Kier molecular flexibility index (Phi) is 5.35. The first-order valence-electron chi connectivity index (χ1n) is 6.71. The van der Waals surface area contributed by atoms with Gasteiger partial charge in [-0.05, 0) is 41.7 Å². The van der Waals surface area contributed by atoms with Gasteiger partial charge in [0.1, 0.15) is 0 Å². The number of halogens is 1. The van der Waals surface area contributed by atoms with Crippen LogP contribution in [0, 0.1) is 6.92 Å². The van der Waals surface area contributed by atoms with Crippen LogP contribution in [0.4, 0.5) is 0 Å². The Morgan fingerprint density at radius 3 is 2.35 bits per heavy atom. The van der Waals surface area contributed by atoms with Gasteiger partial charge in [-0.1, -0.05) is 52.3 Å². The highest BCUT2D eigenvalue weighted by Crippen LogP contribution is 2.24. The van der Waals surface area contributed by atoms with Crippen molar-refractivity contribution < 1.29 is 4.74 Å². The monoisotopic (exact) mass is 333 g/mol. The fourth-order valence-corrected chi connectivity index (χ4v) is 2.41. The minimum Gasteiger partial charge on any atom is -0.384 e. The maximum Gasteiger partial charge on any atom is 0.0551 e. The molecule has 2 aromatic carbocycles. The Labute approximate surface area is 129 Å². The molecule has 3 heteroatoms. The molecule has 2 nitrogen and oxygen atoms in total. The second-order valence-electron chi connectivity index (χ2n) is 4.97. The predicted octanol–water partition coefficient (Wildman–Crippen LogP) is 3.99. The van der Waals surface area contributed by atoms with E-state index in [0.717, 1.165) is 28.6 Å². The van der Waals surface area contributed by atoms with E-state index in [2.05, 4.69) is 65.3 Å². The SMILES string of the molecule is COCCc1ccc(C(N)c2ccc(Br)c(C)c2)cc1. The largest absolute Gasteiger partial charge is 0.384 e. The smallest absolute Gasteiger partial charge is 0.0551 e. The van der Waals surface area contributed by atoms with E-state index < -0.39 is 0 Å². The highest BCUT2D eigenvalue weighted by Gasteiger charge is 2.09. The molecule has 106 valence electrons. The lowest BCUT2D eigenvalue weighted by atomic mass is 9.97. The molecule has 0 amide bonds. The number of methoxy groups -OCH3 is 1. The number of rotatable bonds is 5. The number of hydrogen-bond donors (Lipinski definition) is 1. The predicted molar refractivity (Wildman–Crippen MR) is 86.9 cm³/mol. The molecule has 2 rings (SSSR count). The zero-order valence-electron chi connectivity index (χ0n) is 11.9. The number of ether oxygens (including phenoxy) is 1. The first-order valence-corrected chi connectivity index (χ1v) is 7.50. The molecule has 0 saturated heterocycles. The zero-order chi connectivity index (χ0) is 14.5. The minimum atomic E-state index is -0.0849. The molecule has 20 heavy (non-hydrogen) atoms. The van der Waals surface area contributed by atoms with Crippen molar-refractivity contribution in [2.45, 2.75) is 19.4 Å². The van der Waals surface area contributed by atoms with Gasteiger partial charge in [0.05, 0.1) is 12.6 Å². The van der Waals surface area contributed by atoms with Crippen molar-refractivity contribution in [2.24, 2.45) is 5.73 Å². The highest BCUT2D eigenvalue weighted by atomic mass is 79.9. The van der Waals surface area contributed by atoms with Crippen LogP contribution in [0.1, 0.15) is 28.3 Å². The van der Waals surface area contributed by atoms with E-state index in [9.17, 15) is 0 Å². The first kappa shape index (κ1) is 15.2. The van der Waals surface area contributed by atoms with E-state index >= 15 is 0 Å². The van der Waals surface area contributed by atoms with Gasteiger partial charge in [-0.25, -0.2) is 0 Å². The van der Waals surface area contributed by atoms with Crippen molar-refractivity contribution in [2.75, 3.05) is 13.7 Å². The lowest BCUT2D eigenvalue weighted by molar-refractivity contribution is 0.202. The van der Waals surface area contributed by atoms with Crippen LogP contribution in [0.15, 0.2) is 46.9 Å². The molecule has 0 aliphatic rings. The summed E-state index contributed by atoms with van der Waals surface area (Å²) in [5.74, 6) is 0. The number of aryl methyl sites for hydroxylation is 1. The lowest BCUT2D eigenvalue weighted by Crippen LogP contribution is -2.12. The lowest BCUT2D eigenvalue weighted by Gasteiger charge is -2.14. The third kappa shape index (κ3) is 3.69. The molecule has 0 spiro atoms. The van der Waals surface area contributed by atoms with E-state index in [1.807, 2.05) is 0 Å². The summed E-state index contributed by atoms with van der Waals surface area (Å²) in [4.78, 5) is 0. The molecule has 0 aromatic heterocycles. The first-order chi connectivity index (χ1) is 9.61. The average molecular weight is 334 g/mol. The summed E-state index contributed by atoms with van der Waals surface area (Å²) in [6, 6.07) is 14.6. The molecule has 2 aromatic rings. The molecule has 0 saturated carbocycles. The molecule has 0 aliphatic carbocycles. The van der Waals surface area contributed by atoms with Gasteiger partial charge in [-0.15, -0.1) is 0 Å². The van der Waals surface area contributed by atoms with E-state index in [-0.39, 0.29) is 6.04 Å². The molecule has 0 radical (unpaired) electrons. The molecule has 0 bridgehead atoms. The summed E-state index contributed by atoms with van der Waals surface area (Å²) in [5.41, 5.74) is 11.1. The van der Waals surface area contributed by atoms with Gasteiger partial charge in [-0.2, -0.15) is 0 Å². The quantitative estimate of drug-likeness (QED) is 0.897. The average Bonchev–Trinajstić information content (AvgIpc) is 2.48. The van der Waals surface area contributed by atoms with Crippen molar-refractivity contribution in [3.63, 3.8) is 0 Å². The normalized spacial score (nSPS) is 12.4. The summed E-state index contributed by atoms with van der Waals surface area (Å²) in [5, 5.41) is 0. The highest BCUT2D eigenvalue weighted by molar-refractivity contribution is 9.10. The van der Waals surface area contributed by atoms with Gasteiger partial charge < -0.3 is 10.5 Å². The molecular weight excluding hydrogens is 314 g/mol. The third-order valence-corrected chi connectivity index (χ3v) is 4.36. The summed E-state index contributed by atoms with van der Waals surface area (Å²) < 4.78 is 6.20. The van der Waals surface area contributed by atoms with Gasteiger partial charge in [0.2, 0.25) is 0 Å². The minimum absolute atomic E-state index is 0.0849. The van der Waals surface area contributed by atoms with Crippen LogP contribution in [0.3, 0.4) is 0 Å². The molecule has 0 aliphatic heterocycles. The van der Waals surface area contributed by atoms with Crippen molar-refractivity contribution in [3.05, 3.63) is 69.2 Å². The van der Waals surface area contributed by atoms with Gasteiger partial charge in [-0.3, -0.25) is 0 Å². The molecule has 2 N–H and O–H groups in total. The van der Waals surface area contributed by atoms with E-state index in [4.69, 9.17) is 10.5 Å². The van der Waals surface area contributed by atoms with E-state index in [0.29, 0.717) is 0 Å². The van der Waals surface area contributed by atoms with Crippen molar-refractivity contribution in [3.8, 4) is 0 Å². The van der Waals surface area contributed by atoms with Crippen LogP contribution in [-0.2, 0) is 11.2 Å². The fraction of sp³-hybridized carbons (Fsp3) is 0.294. The number of hydrogen-bond acceptors (Lipinski definition) is 2. The van der Waals surface area contributed by atoms with Crippen LogP contribution in [-0.4, -0.2) is 13.7 Å². The van der Waals surface area contributed by atoms with Crippen LogP contribution >= 0.6 is 15.9 Å². The molecular formula is C17H20BrNO. The third-order valence-electron chi connectivity index (χ3n) is 3.47. The van der Waals surface area contributed by atoms with Crippen molar-refractivity contribution in [1.29, 1.82) is 0 Å². The Morgan fingerprint density at radius 2 is 1.75 bits per heavy atom. The number of nitrogens with two attached hydrogens (primary N) is 1. The van der Waals surface area contributed by atoms with Crippen molar-refractivity contribution in [1.82, 2.24) is 0 Å². The molecule has 0 fully saturated rings. The van der Waals surface area contributed by atoms with E-state index in [1.54, 1.807) is 7.11 Å². The summed E-state index contributed by atoms with van der Waals surface area (Å²) >= 11 is 3.52. The zero-order valence-corrected chi connectivity index (χ0v) is 13.5. The second-order valence-corrected chi connectivity index (χ2v) is 5.83. The maximum atomic E-state index is 6.35. The molecule has 1 unspecified atom stereocenters. The van der Waals surface area contributed by atoms with Gasteiger partial charge in [0.15, 0.2) is 0 Å². The second kappa shape index (κ2) is 7.02. The topological polar surface area (TPSA) is 35.2 Å². The fourth-order valence-electron chi connectivity index (χ4n) is 2.17. The van der Waals surface area contributed by atoms with Crippen LogP contribution in [0.2, 0.25) is 0 Å². The van der Waals surface area contributed by atoms with Crippen molar-refractivity contribution >= 4 is 15.9 Å². The van der Waals surface area contributed by atoms with Crippen LogP contribution in [0.25, 0.3) is 0 Å². The van der Waals surface area contributed by atoms with Gasteiger partial charge >= 0.3 is 0 Å². The van der Waals surface area contributed by atoms with Gasteiger partial charge in [0.25, 0.3) is 0 Å². The Bertz CT molecular complexity index is 566. The van der Waals surface area contributed by atoms with Crippen LogP contribution < -0.4 is 5.73 Å². The number of benzene rings is 2. The van der Waals surface area contributed by atoms with Gasteiger partial charge in [0, 0.05) is 11.6 Å². The molecule has 0 heterocycles.